The summed E-state index contributed by atoms with van der Waals surface area (Å²) in [5, 5.41) is 2.62. The van der Waals surface area contributed by atoms with Crippen LogP contribution < -0.4 is 10.1 Å². The van der Waals surface area contributed by atoms with E-state index < -0.39 is 18.0 Å². The van der Waals surface area contributed by atoms with E-state index in [0.29, 0.717) is 17.0 Å². The van der Waals surface area contributed by atoms with Crippen molar-refractivity contribution in [2.24, 2.45) is 0 Å². The highest BCUT2D eigenvalue weighted by Gasteiger charge is 2.18. The Morgan fingerprint density at radius 3 is 2.24 bits per heavy atom. The molecule has 25 heavy (non-hydrogen) atoms. The molecular weight excluding hydrogens is 322 g/mol. The summed E-state index contributed by atoms with van der Waals surface area (Å²) in [5.41, 5.74) is 1.06. The molecule has 6 nitrogen and oxygen atoms in total. The summed E-state index contributed by atoms with van der Waals surface area (Å²) in [6.45, 7) is 2.65. The van der Waals surface area contributed by atoms with E-state index in [1.54, 1.807) is 48.5 Å². The minimum absolute atomic E-state index is 0.0569. The zero-order valence-electron chi connectivity index (χ0n) is 14.0. The number of para-hydroxylation sites is 1. The van der Waals surface area contributed by atoms with Crippen molar-refractivity contribution in [3.05, 3.63) is 60.2 Å². The fourth-order valence-corrected chi connectivity index (χ4v) is 1.98. The molecular formula is C19H19NO5. The molecule has 1 atom stereocenters. The molecule has 0 spiro atoms. The van der Waals surface area contributed by atoms with Crippen LogP contribution in [0.2, 0.25) is 0 Å². The second-order valence-electron chi connectivity index (χ2n) is 5.36. The minimum Gasteiger partial charge on any atom is -0.482 e. The van der Waals surface area contributed by atoms with Gasteiger partial charge in [0.15, 0.2) is 18.5 Å². The van der Waals surface area contributed by atoms with Crippen LogP contribution in [-0.2, 0) is 14.3 Å². The van der Waals surface area contributed by atoms with E-state index in [4.69, 9.17) is 9.47 Å². The van der Waals surface area contributed by atoms with Crippen LogP contribution in [0.1, 0.15) is 24.2 Å². The molecule has 2 rings (SSSR count). The van der Waals surface area contributed by atoms with Gasteiger partial charge in [-0.05, 0) is 50.2 Å². The number of carbonyl (C=O) groups excluding carboxylic acids is 3. The number of Topliss-reactive ketones (excluding diaryl/α,β-unsaturated/α-hetero) is 1. The molecule has 0 fully saturated rings. The fourth-order valence-electron chi connectivity index (χ4n) is 1.98. The third kappa shape index (κ3) is 5.76. The van der Waals surface area contributed by atoms with Gasteiger partial charge >= 0.3 is 5.97 Å². The van der Waals surface area contributed by atoms with Gasteiger partial charge in [0.1, 0.15) is 5.75 Å². The molecule has 6 heteroatoms. The van der Waals surface area contributed by atoms with Gasteiger partial charge in [0, 0.05) is 11.3 Å². The molecule has 1 amide bonds. The Morgan fingerprint density at radius 2 is 1.64 bits per heavy atom. The summed E-state index contributed by atoms with van der Waals surface area (Å²) < 4.78 is 10.3. The van der Waals surface area contributed by atoms with Crippen molar-refractivity contribution in [1.82, 2.24) is 0 Å². The topological polar surface area (TPSA) is 81.7 Å². The molecule has 0 bridgehead atoms. The molecule has 130 valence electrons. The van der Waals surface area contributed by atoms with Gasteiger partial charge in [0.2, 0.25) is 0 Å². The van der Waals surface area contributed by atoms with E-state index in [2.05, 4.69) is 5.32 Å². The van der Waals surface area contributed by atoms with Crippen LogP contribution in [0.4, 0.5) is 5.69 Å². The van der Waals surface area contributed by atoms with Crippen LogP contribution in [0.5, 0.6) is 5.75 Å². The first-order valence-electron chi connectivity index (χ1n) is 7.75. The Labute approximate surface area is 145 Å². The monoisotopic (exact) mass is 341 g/mol. The molecule has 0 aliphatic carbocycles. The summed E-state index contributed by atoms with van der Waals surface area (Å²) in [6.07, 6.45) is -0.973. The number of esters is 1. The first-order chi connectivity index (χ1) is 12.0. The maximum absolute atomic E-state index is 12.0. The summed E-state index contributed by atoms with van der Waals surface area (Å²) in [6, 6.07) is 15.3. The average Bonchev–Trinajstić information content (AvgIpc) is 2.61. The molecule has 0 aliphatic heterocycles. The van der Waals surface area contributed by atoms with Gasteiger partial charge < -0.3 is 14.8 Å². The summed E-state index contributed by atoms with van der Waals surface area (Å²) >= 11 is 0. The zero-order chi connectivity index (χ0) is 18.2. The lowest BCUT2D eigenvalue weighted by atomic mass is 10.1. The summed E-state index contributed by atoms with van der Waals surface area (Å²) in [5.74, 6) is -0.622. The lowest BCUT2D eigenvalue weighted by Gasteiger charge is -2.14. The lowest BCUT2D eigenvalue weighted by molar-refractivity contribution is -0.155. The predicted octanol–water partition coefficient (Wildman–Crippen LogP) is 2.84. The van der Waals surface area contributed by atoms with E-state index in [-0.39, 0.29) is 12.4 Å². The van der Waals surface area contributed by atoms with Gasteiger partial charge in [0.25, 0.3) is 5.91 Å². The molecule has 0 aliphatic rings. The van der Waals surface area contributed by atoms with Gasteiger partial charge in [0.05, 0.1) is 0 Å². The SMILES string of the molecule is CC(=O)c1ccc(NC(=O)[C@H](C)OC(=O)COc2ccccc2)cc1. The van der Waals surface area contributed by atoms with Gasteiger partial charge in [-0.15, -0.1) is 0 Å². The number of carbonyl (C=O) groups is 3. The molecule has 0 unspecified atom stereocenters. The van der Waals surface area contributed by atoms with E-state index in [1.807, 2.05) is 6.07 Å². The quantitative estimate of drug-likeness (QED) is 0.618. The molecule has 2 aromatic rings. The summed E-state index contributed by atoms with van der Waals surface area (Å²) in [7, 11) is 0. The maximum Gasteiger partial charge on any atom is 0.344 e. The number of benzene rings is 2. The standard InChI is InChI=1S/C19H19NO5/c1-13(21)15-8-10-16(11-9-15)20-19(23)14(2)25-18(22)12-24-17-6-4-3-5-7-17/h3-11,14H,12H2,1-2H3,(H,20,23)/t14-/m0/s1. The highest BCUT2D eigenvalue weighted by atomic mass is 16.6. The van der Waals surface area contributed by atoms with Gasteiger partial charge in [-0.25, -0.2) is 4.79 Å². The van der Waals surface area contributed by atoms with Gasteiger partial charge in [-0.1, -0.05) is 18.2 Å². The first-order valence-corrected chi connectivity index (χ1v) is 7.75. The van der Waals surface area contributed by atoms with Crippen LogP contribution in [0.25, 0.3) is 0 Å². The highest BCUT2D eigenvalue weighted by molar-refractivity contribution is 5.97. The number of hydrogen-bond acceptors (Lipinski definition) is 5. The van der Waals surface area contributed by atoms with Crippen LogP contribution in [0, 0.1) is 0 Å². The number of nitrogens with one attached hydrogen (secondary N) is 1. The third-order valence-electron chi connectivity index (χ3n) is 3.34. The summed E-state index contributed by atoms with van der Waals surface area (Å²) in [4.78, 5) is 35.0. The van der Waals surface area contributed by atoms with E-state index in [1.165, 1.54) is 13.8 Å². The maximum atomic E-state index is 12.0. The van der Waals surface area contributed by atoms with Gasteiger partial charge in [-0.3, -0.25) is 9.59 Å². The van der Waals surface area contributed by atoms with Crippen molar-refractivity contribution in [3.63, 3.8) is 0 Å². The Balaban J connectivity index is 1.81. The molecule has 0 saturated heterocycles. The second-order valence-corrected chi connectivity index (χ2v) is 5.36. The van der Waals surface area contributed by atoms with Crippen molar-refractivity contribution < 1.29 is 23.9 Å². The number of ketones is 1. The zero-order valence-corrected chi connectivity index (χ0v) is 14.0. The second kappa shape index (κ2) is 8.63. The number of rotatable bonds is 7. The third-order valence-corrected chi connectivity index (χ3v) is 3.34. The highest BCUT2D eigenvalue weighted by Crippen LogP contribution is 2.11. The minimum atomic E-state index is -0.973. The number of ether oxygens (including phenoxy) is 2. The largest absolute Gasteiger partial charge is 0.482 e. The van der Waals surface area contributed by atoms with Crippen LogP contribution in [0.15, 0.2) is 54.6 Å². The van der Waals surface area contributed by atoms with Crippen LogP contribution in [-0.4, -0.2) is 30.4 Å². The Morgan fingerprint density at radius 1 is 1.00 bits per heavy atom. The van der Waals surface area contributed by atoms with E-state index >= 15 is 0 Å². The Hall–Kier alpha value is -3.15. The van der Waals surface area contributed by atoms with Crippen molar-refractivity contribution >= 4 is 23.3 Å². The van der Waals surface area contributed by atoms with Crippen molar-refractivity contribution in [2.45, 2.75) is 20.0 Å². The Bertz CT molecular complexity index is 740. The molecule has 0 aromatic heterocycles. The first kappa shape index (κ1) is 18.2. The normalized spacial score (nSPS) is 11.3. The van der Waals surface area contributed by atoms with Crippen LogP contribution in [0.3, 0.4) is 0 Å². The lowest BCUT2D eigenvalue weighted by Crippen LogP contribution is -2.31. The predicted molar refractivity (Wildman–Crippen MR) is 92.6 cm³/mol. The average molecular weight is 341 g/mol. The number of anilines is 1. The Kier molecular flexibility index (Phi) is 6.28. The molecule has 2 aromatic carbocycles. The van der Waals surface area contributed by atoms with E-state index in [9.17, 15) is 14.4 Å². The van der Waals surface area contributed by atoms with Crippen molar-refractivity contribution in [1.29, 1.82) is 0 Å². The van der Waals surface area contributed by atoms with Crippen molar-refractivity contribution in [2.75, 3.05) is 11.9 Å². The van der Waals surface area contributed by atoms with Crippen LogP contribution >= 0.6 is 0 Å². The molecule has 1 N–H and O–H groups in total. The molecule has 0 heterocycles. The molecule has 0 radical (unpaired) electrons. The number of amides is 1. The smallest absolute Gasteiger partial charge is 0.344 e. The number of hydrogen-bond donors (Lipinski definition) is 1. The van der Waals surface area contributed by atoms with E-state index in [0.717, 1.165) is 0 Å². The fraction of sp³-hybridized carbons (Fsp3) is 0.211. The molecule has 0 saturated carbocycles. The van der Waals surface area contributed by atoms with Crippen molar-refractivity contribution in [3.8, 4) is 5.75 Å². The van der Waals surface area contributed by atoms with Gasteiger partial charge in [-0.2, -0.15) is 0 Å².